The lowest BCUT2D eigenvalue weighted by Gasteiger charge is -2.11. The second-order valence-electron chi connectivity index (χ2n) is 4.82. The Kier molecular flexibility index (Phi) is 4.29. The van der Waals surface area contributed by atoms with Crippen LogP contribution in [0, 0.1) is 0 Å². The van der Waals surface area contributed by atoms with Crippen LogP contribution >= 0.6 is 15.9 Å². The second-order valence-corrected chi connectivity index (χ2v) is 5.62. The van der Waals surface area contributed by atoms with E-state index in [1.165, 1.54) is 0 Å². The van der Waals surface area contributed by atoms with Gasteiger partial charge >= 0.3 is 11.9 Å². The van der Waals surface area contributed by atoms with Gasteiger partial charge in [0.25, 0.3) is 0 Å². The van der Waals surface area contributed by atoms with Gasteiger partial charge < -0.3 is 14.2 Å². The summed E-state index contributed by atoms with van der Waals surface area (Å²) in [6, 6.07) is 11.5. The fraction of sp³-hybridized carbons (Fsp3) is 0.250. The standard InChI is InChI=1S/C16H13BrO5/c17-15-11-4-2-1-3-10(11)5-6-12(15)21-9-14(18)22-13-7-8-20-16(13)19/h1-6,13H,7-9H2/t13-/m1/s1. The van der Waals surface area contributed by atoms with Gasteiger partial charge in [0.2, 0.25) is 6.10 Å². The molecule has 22 heavy (non-hydrogen) atoms. The molecule has 1 aliphatic heterocycles. The summed E-state index contributed by atoms with van der Waals surface area (Å²) < 4.78 is 16.0. The summed E-state index contributed by atoms with van der Waals surface area (Å²) in [5, 5.41) is 2.06. The van der Waals surface area contributed by atoms with Gasteiger partial charge in [0.05, 0.1) is 11.1 Å². The molecule has 1 atom stereocenters. The number of hydrogen-bond donors (Lipinski definition) is 0. The normalized spacial score (nSPS) is 17.3. The van der Waals surface area contributed by atoms with E-state index in [4.69, 9.17) is 14.2 Å². The van der Waals surface area contributed by atoms with Crippen molar-refractivity contribution in [3.8, 4) is 5.75 Å². The molecule has 114 valence electrons. The Morgan fingerprint density at radius 1 is 1.27 bits per heavy atom. The SMILES string of the molecule is O=C(COc1ccc2ccccc2c1Br)O[C@@H]1CCOC1=O. The maximum Gasteiger partial charge on any atom is 0.347 e. The fourth-order valence-electron chi connectivity index (χ4n) is 2.24. The molecular weight excluding hydrogens is 352 g/mol. The molecule has 0 N–H and O–H groups in total. The first kappa shape index (κ1) is 14.8. The van der Waals surface area contributed by atoms with Crippen molar-refractivity contribution in [1.29, 1.82) is 0 Å². The molecule has 2 aromatic rings. The van der Waals surface area contributed by atoms with Gasteiger partial charge in [-0.3, -0.25) is 0 Å². The number of fused-ring (bicyclic) bond motifs is 1. The van der Waals surface area contributed by atoms with Crippen molar-refractivity contribution in [1.82, 2.24) is 0 Å². The van der Waals surface area contributed by atoms with Crippen LogP contribution in [0.5, 0.6) is 5.75 Å². The summed E-state index contributed by atoms with van der Waals surface area (Å²) in [6.45, 7) is 0.0224. The summed E-state index contributed by atoms with van der Waals surface area (Å²) in [7, 11) is 0. The van der Waals surface area contributed by atoms with Crippen molar-refractivity contribution < 1.29 is 23.8 Å². The highest BCUT2D eigenvalue weighted by Gasteiger charge is 2.30. The van der Waals surface area contributed by atoms with Gasteiger partial charge in [-0.15, -0.1) is 0 Å². The van der Waals surface area contributed by atoms with Crippen molar-refractivity contribution >= 4 is 38.6 Å². The molecule has 2 aromatic carbocycles. The minimum Gasteiger partial charge on any atom is -0.481 e. The van der Waals surface area contributed by atoms with Crippen molar-refractivity contribution in [3.05, 3.63) is 40.9 Å². The van der Waals surface area contributed by atoms with Gasteiger partial charge in [-0.2, -0.15) is 0 Å². The molecule has 0 spiro atoms. The lowest BCUT2D eigenvalue weighted by atomic mass is 10.1. The number of carbonyl (C=O) groups excluding carboxylic acids is 2. The van der Waals surface area contributed by atoms with Crippen LogP contribution < -0.4 is 4.74 Å². The molecule has 6 heteroatoms. The van der Waals surface area contributed by atoms with Gasteiger partial charge in [0.1, 0.15) is 5.75 Å². The predicted octanol–water partition coefficient (Wildman–Crippen LogP) is 2.84. The first-order chi connectivity index (χ1) is 10.6. The van der Waals surface area contributed by atoms with Crippen molar-refractivity contribution in [2.75, 3.05) is 13.2 Å². The van der Waals surface area contributed by atoms with Crippen molar-refractivity contribution in [2.24, 2.45) is 0 Å². The van der Waals surface area contributed by atoms with E-state index in [-0.39, 0.29) is 13.2 Å². The third-order valence-corrected chi connectivity index (χ3v) is 4.15. The molecule has 0 aliphatic carbocycles. The van der Waals surface area contributed by atoms with Crippen LogP contribution in [0.25, 0.3) is 10.8 Å². The molecule has 0 unspecified atom stereocenters. The van der Waals surface area contributed by atoms with Crippen LogP contribution in [0.1, 0.15) is 6.42 Å². The predicted molar refractivity (Wildman–Crippen MR) is 82.6 cm³/mol. The van der Waals surface area contributed by atoms with Crippen LogP contribution in [0.2, 0.25) is 0 Å². The number of rotatable bonds is 4. The van der Waals surface area contributed by atoms with Crippen molar-refractivity contribution in [3.63, 3.8) is 0 Å². The summed E-state index contributed by atoms with van der Waals surface area (Å²) in [6.07, 6.45) is -0.416. The zero-order valence-electron chi connectivity index (χ0n) is 11.6. The zero-order valence-corrected chi connectivity index (χ0v) is 13.2. The first-order valence-corrected chi connectivity index (χ1v) is 7.60. The molecule has 0 saturated carbocycles. The Morgan fingerprint density at radius 3 is 2.86 bits per heavy atom. The van der Waals surface area contributed by atoms with Gasteiger partial charge in [-0.25, -0.2) is 9.59 Å². The van der Waals surface area contributed by atoms with E-state index in [2.05, 4.69) is 15.9 Å². The monoisotopic (exact) mass is 364 g/mol. The topological polar surface area (TPSA) is 61.8 Å². The van der Waals surface area contributed by atoms with E-state index in [9.17, 15) is 9.59 Å². The molecule has 0 bridgehead atoms. The lowest BCUT2D eigenvalue weighted by Crippen LogP contribution is -2.26. The minimum absolute atomic E-state index is 0.263. The van der Waals surface area contributed by atoms with Gasteiger partial charge in [-0.05, 0) is 32.8 Å². The highest BCUT2D eigenvalue weighted by atomic mass is 79.9. The highest BCUT2D eigenvalue weighted by Crippen LogP contribution is 2.33. The van der Waals surface area contributed by atoms with Gasteiger partial charge in [-0.1, -0.05) is 30.3 Å². The molecular formula is C16H13BrO5. The summed E-state index contributed by atoms with van der Waals surface area (Å²) >= 11 is 3.48. The highest BCUT2D eigenvalue weighted by molar-refractivity contribution is 9.10. The number of hydrogen-bond acceptors (Lipinski definition) is 5. The Balaban J connectivity index is 1.65. The van der Waals surface area contributed by atoms with E-state index < -0.39 is 18.0 Å². The van der Waals surface area contributed by atoms with E-state index in [0.29, 0.717) is 12.2 Å². The van der Waals surface area contributed by atoms with E-state index >= 15 is 0 Å². The van der Waals surface area contributed by atoms with Crippen LogP contribution in [-0.2, 0) is 19.1 Å². The zero-order chi connectivity index (χ0) is 15.5. The number of esters is 2. The number of benzene rings is 2. The molecule has 0 radical (unpaired) electrons. The third kappa shape index (κ3) is 3.06. The average molecular weight is 365 g/mol. The molecule has 1 fully saturated rings. The molecule has 5 nitrogen and oxygen atoms in total. The van der Waals surface area contributed by atoms with Crippen LogP contribution in [0.15, 0.2) is 40.9 Å². The van der Waals surface area contributed by atoms with E-state index in [1.807, 2.05) is 30.3 Å². The first-order valence-electron chi connectivity index (χ1n) is 6.81. The summed E-state index contributed by atoms with van der Waals surface area (Å²) in [5.41, 5.74) is 0. The Hall–Kier alpha value is -2.08. The Labute approximate surface area is 135 Å². The van der Waals surface area contributed by atoms with Crippen LogP contribution in [0.3, 0.4) is 0 Å². The average Bonchev–Trinajstić information content (AvgIpc) is 2.92. The molecule has 0 amide bonds. The van der Waals surface area contributed by atoms with Gasteiger partial charge in [0, 0.05) is 6.42 Å². The fourth-order valence-corrected chi connectivity index (χ4v) is 2.85. The van der Waals surface area contributed by atoms with Crippen molar-refractivity contribution in [2.45, 2.75) is 12.5 Å². The smallest absolute Gasteiger partial charge is 0.347 e. The molecule has 0 aromatic heterocycles. The van der Waals surface area contributed by atoms with Gasteiger partial charge in [0.15, 0.2) is 6.61 Å². The molecule has 1 heterocycles. The maximum atomic E-state index is 11.7. The largest absolute Gasteiger partial charge is 0.481 e. The summed E-state index contributed by atoms with van der Waals surface area (Å²) in [5.74, 6) is -0.547. The molecule has 1 aliphatic rings. The third-order valence-electron chi connectivity index (χ3n) is 3.33. The Morgan fingerprint density at radius 2 is 2.09 bits per heavy atom. The number of carbonyl (C=O) groups is 2. The quantitative estimate of drug-likeness (QED) is 0.780. The van der Waals surface area contributed by atoms with Crippen LogP contribution in [-0.4, -0.2) is 31.3 Å². The maximum absolute atomic E-state index is 11.7. The lowest BCUT2D eigenvalue weighted by molar-refractivity contribution is -0.161. The molecule has 1 saturated heterocycles. The second kappa shape index (κ2) is 6.36. The summed E-state index contributed by atoms with van der Waals surface area (Å²) in [4.78, 5) is 23.0. The van der Waals surface area contributed by atoms with E-state index in [1.54, 1.807) is 6.07 Å². The number of halogens is 1. The van der Waals surface area contributed by atoms with E-state index in [0.717, 1.165) is 15.2 Å². The Bertz CT molecular complexity index is 728. The number of ether oxygens (including phenoxy) is 3. The number of cyclic esters (lactones) is 1. The minimum atomic E-state index is -0.809. The van der Waals surface area contributed by atoms with Crippen LogP contribution in [0.4, 0.5) is 0 Å². The molecule has 3 rings (SSSR count).